The Bertz CT molecular complexity index is 813. The van der Waals surface area contributed by atoms with Gasteiger partial charge in [0, 0.05) is 12.8 Å². The topological polar surface area (TPSA) is 72.2 Å². The van der Waals surface area contributed by atoms with Gasteiger partial charge in [-0.3, -0.25) is 4.79 Å². The van der Waals surface area contributed by atoms with E-state index in [0.717, 1.165) is 6.07 Å². The molecule has 10 heteroatoms. The predicted octanol–water partition coefficient (Wildman–Crippen LogP) is 2.78. The molecule has 0 saturated carbocycles. The molecule has 120 valence electrons. The highest BCUT2D eigenvalue weighted by molar-refractivity contribution is 7.16. The SMILES string of the molecule is O=C(CCc1nn2cnnc2s1)Nc1ccccc1C(F)(F)F. The van der Waals surface area contributed by atoms with Crippen LogP contribution in [0.5, 0.6) is 0 Å². The number of carbonyl (C=O) groups is 1. The fraction of sp³-hybridized carbons (Fsp3) is 0.231. The molecule has 0 bridgehead atoms. The number of nitrogens with one attached hydrogen (secondary N) is 1. The monoisotopic (exact) mass is 341 g/mol. The van der Waals surface area contributed by atoms with Gasteiger partial charge in [-0.2, -0.15) is 22.8 Å². The lowest BCUT2D eigenvalue weighted by Gasteiger charge is -2.13. The van der Waals surface area contributed by atoms with Crippen LogP contribution in [0.25, 0.3) is 4.96 Å². The number of benzene rings is 1. The second-order valence-corrected chi connectivity index (χ2v) is 5.69. The first-order chi connectivity index (χ1) is 10.9. The summed E-state index contributed by atoms with van der Waals surface area (Å²) < 4.78 is 40.1. The lowest BCUT2D eigenvalue weighted by atomic mass is 10.1. The number of aromatic nitrogens is 4. The van der Waals surface area contributed by atoms with Crippen molar-refractivity contribution in [3.8, 4) is 0 Å². The Balaban J connectivity index is 1.64. The minimum Gasteiger partial charge on any atom is -0.325 e. The molecule has 1 aromatic carbocycles. The van der Waals surface area contributed by atoms with Crippen LogP contribution in [-0.4, -0.2) is 25.7 Å². The number of para-hydroxylation sites is 1. The van der Waals surface area contributed by atoms with Crippen molar-refractivity contribution in [1.82, 2.24) is 19.8 Å². The van der Waals surface area contributed by atoms with Crippen LogP contribution in [0, 0.1) is 0 Å². The molecule has 3 aromatic rings. The van der Waals surface area contributed by atoms with Gasteiger partial charge in [-0.1, -0.05) is 23.5 Å². The van der Waals surface area contributed by atoms with Crippen LogP contribution in [0.3, 0.4) is 0 Å². The van der Waals surface area contributed by atoms with E-state index in [1.54, 1.807) is 0 Å². The third-order valence-electron chi connectivity index (χ3n) is 3.00. The van der Waals surface area contributed by atoms with Crippen LogP contribution in [0.4, 0.5) is 18.9 Å². The number of aryl methyl sites for hydroxylation is 1. The summed E-state index contributed by atoms with van der Waals surface area (Å²) >= 11 is 1.28. The summed E-state index contributed by atoms with van der Waals surface area (Å²) in [6.07, 6.45) is -2.74. The molecule has 0 unspecified atom stereocenters. The van der Waals surface area contributed by atoms with E-state index in [4.69, 9.17) is 0 Å². The van der Waals surface area contributed by atoms with Gasteiger partial charge in [0.05, 0.1) is 11.3 Å². The molecule has 2 heterocycles. The summed E-state index contributed by atoms with van der Waals surface area (Å²) in [6.45, 7) is 0. The molecule has 3 rings (SSSR count). The molecule has 1 amide bonds. The van der Waals surface area contributed by atoms with E-state index in [-0.39, 0.29) is 12.1 Å². The van der Waals surface area contributed by atoms with Gasteiger partial charge in [0.2, 0.25) is 10.9 Å². The third kappa shape index (κ3) is 3.47. The third-order valence-corrected chi connectivity index (χ3v) is 3.97. The Morgan fingerprint density at radius 2 is 2.09 bits per heavy atom. The predicted molar refractivity (Wildman–Crippen MR) is 77.1 cm³/mol. The maximum absolute atomic E-state index is 12.9. The van der Waals surface area contributed by atoms with Crippen LogP contribution in [0.15, 0.2) is 30.6 Å². The van der Waals surface area contributed by atoms with Crippen molar-refractivity contribution in [2.45, 2.75) is 19.0 Å². The molecule has 0 aliphatic carbocycles. The average Bonchev–Trinajstić information content (AvgIpc) is 3.05. The van der Waals surface area contributed by atoms with Crippen molar-refractivity contribution >= 4 is 27.9 Å². The number of halogens is 3. The minimum atomic E-state index is -4.52. The lowest BCUT2D eigenvalue weighted by Crippen LogP contribution is -2.16. The molecule has 0 aliphatic rings. The maximum atomic E-state index is 12.9. The summed E-state index contributed by atoms with van der Waals surface area (Å²) in [5.74, 6) is -0.507. The van der Waals surface area contributed by atoms with E-state index in [1.807, 2.05) is 0 Å². The Morgan fingerprint density at radius 1 is 1.30 bits per heavy atom. The van der Waals surface area contributed by atoms with E-state index in [0.29, 0.717) is 16.4 Å². The molecule has 0 fully saturated rings. The number of nitrogens with zero attached hydrogens (tertiary/aromatic N) is 4. The number of carbonyl (C=O) groups excluding carboxylic acids is 1. The Kier molecular flexibility index (Phi) is 3.99. The van der Waals surface area contributed by atoms with Gasteiger partial charge in [0.15, 0.2) is 0 Å². The normalized spacial score (nSPS) is 11.8. The molecule has 0 saturated heterocycles. The van der Waals surface area contributed by atoms with Crippen molar-refractivity contribution in [3.63, 3.8) is 0 Å². The van der Waals surface area contributed by atoms with Crippen LogP contribution in [-0.2, 0) is 17.4 Å². The van der Waals surface area contributed by atoms with Crippen LogP contribution in [0.2, 0.25) is 0 Å². The first-order valence-corrected chi connectivity index (χ1v) is 7.37. The largest absolute Gasteiger partial charge is 0.418 e. The fourth-order valence-electron chi connectivity index (χ4n) is 1.97. The Hall–Kier alpha value is -2.49. The van der Waals surface area contributed by atoms with Gasteiger partial charge in [0.1, 0.15) is 11.3 Å². The van der Waals surface area contributed by atoms with Crippen molar-refractivity contribution in [2.24, 2.45) is 0 Å². The summed E-state index contributed by atoms with van der Waals surface area (Å²) in [7, 11) is 0. The summed E-state index contributed by atoms with van der Waals surface area (Å²) in [4.78, 5) is 12.5. The molecule has 6 nitrogen and oxygen atoms in total. The van der Waals surface area contributed by atoms with E-state index in [1.165, 1.54) is 40.4 Å². The average molecular weight is 341 g/mol. The van der Waals surface area contributed by atoms with Crippen LogP contribution < -0.4 is 5.32 Å². The standard InChI is InChI=1S/C13H10F3N5OS/c14-13(15,16)8-3-1-2-4-9(8)18-10(22)5-6-11-20-21-7-17-19-12(21)23-11/h1-4,7H,5-6H2,(H,18,22). The molecular weight excluding hydrogens is 331 g/mol. The van der Waals surface area contributed by atoms with Crippen molar-refractivity contribution in [3.05, 3.63) is 41.2 Å². The fourth-order valence-corrected chi connectivity index (χ4v) is 2.79. The van der Waals surface area contributed by atoms with Gasteiger partial charge in [0.25, 0.3) is 0 Å². The smallest absolute Gasteiger partial charge is 0.325 e. The molecule has 0 spiro atoms. The van der Waals surface area contributed by atoms with Crippen molar-refractivity contribution < 1.29 is 18.0 Å². The zero-order valence-corrected chi connectivity index (χ0v) is 12.4. The first kappa shape index (κ1) is 15.4. The zero-order chi connectivity index (χ0) is 16.4. The molecular formula is C13H10F3N5OS. The Labute approximate surface area is 132 Å². The first-order valence-electron chi connectivity index (χ1n) is 6.55. The Morgan fingerprint density at radius 3 is 2.83 bits per heavy atom. The quantitative estimate of drug-likeness (QED) is 0.792. The van der Waals surface area contributed by atoms with E-state index < -0.39 is 17.6 Å². The molecule has 23 heavy (non-hydrogen) atoms. The number of amides is 1. The van der Waals surface area contributed by atoms with Crippen molar-refractivity contribution in [2.75, 3.05) is 5.32 Å². The zero-order valence-electron chi connectivity index (χ0n) is 11.5. The highest BCUT2D eigenvalue weighted by Crippen LogP contribution is 2.34. The van der Waals surface area contributed by atoms with Gasteiger partial charge < -0.3 is 5.32 Å². The highest BCUT2D eigenvalue weighted by Gasteiger charge is 2.33. The molecule has 0 aliphatic heterocycles. The molecule has 2 aromatic heterocycles. The van der Waals surface area contributed by atoms with Gasteiger partial charge in [-0.15, -0.1) is 10.2 Å². The van der Waals surface area contributed by atoms with Crippen LogP contribution >= 0.6 is 11.3 Å². The number of hydrogen-bond donors (Lipinski definition) is 1. The maximum Gasteiger partial charge on any atom is 0.418 e. The molecule has 0 radical (unpaired) electrons. The number of fused-ring (bicyclic) bond motifs is 1. The second kappa shape index (κ2) is 5.95. The number of alkyl halides is 3. The molecule has 0 atom stereocenters. The highest BCUT2D eigenvalue weighted by atomic mass is 32.1. The number of anilines is 1. The number of rotatable bonds is 4. The summed E-state index contributed by atoms with van der Waals surface area (Å²) in [5, 5.41) is 14.6. The van der Waals surface area contributed by atoms with Gasteiger partial charge in [-0.05, 0) is 12.1 Å². The second-order valence-electron chi connectivity index (χ2n) is 4.65. The number of hydrogen-bond acceptors (Lipinski definition) is 5. The van der Waals surface area contributed by atoms with E-state index in [9.17, 15) is 18.0 Å². The van der Waals surface area contributed by atoms with Crippen LogP contribution in [0.1, 0.15) is 17.0 Å². The van der Waals surface area contributed by atoms with Gasteiger partial charge >= 0.3 is 6.18 Å². The van der Waals surface area contributed by atoms with E-state index >= 15 is 0 Å². The van der Waals surface area contributed by atoms with Crippen molar-refractivity contribution in [1.29, 1.82) is 0 Å². The summed E-state index contributed by atoms with van der Waals surface area (Å²) in [6, 6.07) is 4.87. The molecule has 1 N–H and O–H groups in total. The van der Waals surface area contributed by atoms with Gasteiger partial charge in [-0.25, -0.2) is 0 Å². The minimum absolute atomic E-state index is 0.0241. The van der Waals surface area contributed by atoms with E-state index in [2.05, 4.69) is 20.6 Å². The summed E-state index contributed by atoms with van der Waals surface area (Å²) in [5.41, 5.74) is -1.12. The lowest BCUT2D eigenvalue weighted by molar-refractivity contribution is -0.137.